The fourth-order valence-corrected chi connectivity index (χ4v) is 4.14. The van der Waals surface area contributed by atoms with Crippen molar-refractivity contribution in [1.29, 1.82) is 0 Å². The Labute approximate surface area is 155 Å². The molecule has 3 heterocycles. The van der Waals surface area contributed by atoms with Gasteiger partial charge in [0.25, 0.3) is 5.91 Å². The first-order valence-corrected chi connectivity index (χ1v) is 9.87. The molecule has 1 aliphatic heterocycles. The fourth-order valence-electron chi connectivity index (χ4n) is 4.14. The normalized spacial score (nSPS) is 22.2. The Morgan fingerprint density at radius 2 is 2.12 bits per heavy atom. The minimum absolute atomic E-state index is 0.0851. The van der Waals surface area contributed by atoms with Crippen LogP contribution in [0.2, 0.25) is 0 Å². The van der Waals surface area contributed by atoms with Crippen molar-refractivity contribution >= 4 is 11.7 Å². The molecule has 26 heavy (non-hydrogen) atoms. The SMILES string of the molecule is Cc1nc2ncccn2c1C(=O)N1CCCN(CC2CC2)[C@@H](C(C)C)C1. The van der Waals surface area contributed by atoms with Crippen molar-refractivity contribution < 1.29 is 4.79 Å². The highest BCUT2D eigenvalue weighted by Gasteiger charge is 2.34. The topological polar surface area (TPSA) is 53.7 Å². The Balaban J connectivity index is 1.59. The molecule has 6 heteroatoms. The molecule has 1 atom stereocenters. The average molecular weight is 355 g/mol. The van der Waals surface area contributed by atoms with Crippen molar-refractivity contribution in [3.8, 4) is 0 Å². The van der Waals surface area contributed by atoms with E-state index in [4.69, 9.17) is 0 Å². The van der Waals surface area contributed by atoms with Crippen molar-refractivity contribution in [3.05, 3.63) is 29.8 Å². The first-order chi connectivity index (χ1) is 12.5. The van der Waals surface area contributed by atoms with E-state index in [1.54, 1.807) is 6.20 Å². The number of fused-ring (bicyclic) bond motifs is 1. The molecule has 4 rings (SSSR count). The zero-order chi connectivity index (χ0) is 18.3. The van der Waals surface area contributed by atoms with Crippen molar-refractivity contribution in [2.45, 2.75) is 46.1 Å². The number of nitrogens with zero attached hydrogens (tertiary/aromatic N) is 5. The second-order valence-electron chi connectivity index (χ2n) is 8.19. The van der Waals surface area contributed by atoms with Gasteiger partial charge in [-0.2, -0.15) is 0 Å². The smallest absolute Gasteiger partial charge is 0.272 e. The molecule has 2 aromatic rings. The van der Waals surface area contributed by atoms with Crippen LogP contribution in [0.3, 0.4) is 0 Å². The highest BCUT2D eigenvalue weighted by molar-refractivity contribution is 5.94. The summed E-state index contributed by atoms with van der Waals surface area (Å²) >= 11 is 0. The Hall–Kier alpha value is -1.95. The standard InChI is InChI=1S/C20H29N5O/c1-14(2)17-13-24(10-5-9-23(17)12-16-6-7-16)19(26)18-15(3)22-20-21-8-4-11-25(18)20/h4,8,11,14,16-17H,5-7,9-10,12-13H2,1-3H3/t17-/m1/s1. The summed E-state index contributed by atoms with van der Waals surface area (Å²) in [5.74, 6) is 2.10. The Morgan fingerprint density at radius 1 is 1.31 bits per heavy atom. The van der Waals surface area contributed by atoms with E-state index in [0.717, 1.165) is 37.7 Å². The predicted octanol–water partition coefficient (Wildman–Crippen LogP) is 2.62. The van der Waals surface area contributed by atoms with Crippen LogP contribution in [0.1, 0.15) is 49.3 Å². The molecule has 1 saturated carbocycles. The third-order valence-electron chi connectivity index (χ3n) is 5.78. The van der Waals surface area contributed by atoms with E-state index in [1.807, 2.05) is 28.5 Å². The maximum absolute atomic E-state index is 13.4. The van der Waals surface area contributed by atoms with Crippen LogP contribution in [0, 0.1) is 18.8 Å². The summed E-state index contributed by atoms with van der Waals surface area (Å²) < 4.78 is 1.83. The molecule has 0 spiro atoms. The van der Waals surface area contributed by atoms with Crippen LogP contribution in [0.5, 0.6) is 0 Å². The van der Waals surface area contributed by atoms with Gasteiger partial charge in [-0.3, -0.25) is 14.1 Å². The van der Waals surface area contributed by atoms with Gasteiger partial charge in [0.1, 0.15) is 5.69 Å². The number of rotatable bonds is 4. The molecular weight excluding hydrogens is 326 g/mol. The van der Waals surface area contributed by atoms with E-state index >= 15 is 0 Å². The third kappa shape index (κ3) is 3.34. The molecule has 6 nitrogen and oxygen atoms in total. The molecule has 1 saturated heterocycles. The molecule has 0 N–H and O–H groups in total. The summed E-state index contributed by atoms with van der Waals surface area (Å²) in [5.41, 5.74) is 1.42. The van der Waals surface area contributed by atoms with Crippen molar-refractivity contribution in [3.63, 3.8) is 0 Å². The summed E-state index contributed by atoms with van der Waals surface area (Å²) in [6, 6.07) is 2.28. The number of amides is 1. The van der Waals surface area contributed by atoms with E-state index in [9.17, 15) is 4.79 Å². The monoisotopic (exact) mass is 355 g/mol. The van der Waals surface area contributed by atoms with E-state index < -0.39 is 0 Å². The molecule has 1 amide bonds. The third-order valence-corrected chi connectivity index (χ3v) is 5.78. The number of carbonyl (C=O) groups is 1. The van der Waals surface area contributed by atoms with Gasteiger partial charge in [-0.1, -0.05) is 13.8 Å². The lowest BCUT2D eigenvalue weighted by molar-refractivity contribution is 0.0697. The van der Waals surface area contributed by atoms with E-state index in [2.05, 4.69) is 28.7 Å². The van der Waals surface area contributed by atoms with Crippen LogP contribution < -0.4 is 0 Å². The van der Waals surface area contributed by atoms with Gasteiger partial charge < -0.3 is 4.90 Å². The summed E-state index contributed by atoms with van der Waals surface area (Å²) in [5, 5.41) is 0. The van der Waals surface area contributed by atoms with E-state index in [-0.39, 0.29) is 5.91 Å². The zero-order valence-corrected chi connectivity index (χ0v) is 16.1. The lowest BCUT2D eigenvalue weighted by Gasteiger charge is -2.34. The maximum atomic E-state index is 13.4. The van der Waals surface area contributed by atoms with Crippen molar-refractivity contribution in [2.75, 3.05) is 26.2 Å². The first-order valence-electron chi connectivity index (χ1n) is 9.87. The summed E-state index contributed by atoms with van der Waals surface area (Å²) in [6.07, 6.45) is 7.38. The van der Waals surface area contributed by atoms with Gasteiger partial charge in [0, 0.05) is 44.6 Å². The number of aryl methyl sites for hydroxylation is 1. The van der Waals surface area contributed by atoms with Gasteiger partial charge in [0.05, 0.1) is 5.69 Å². The van der Waals surface area contributed by atoms with Gasteiger partial charge in [0.15, 0.2) is 0 Å². The van der Waals surface area contributed by atoms with Crippen LogP contribution in [-0.4, -0.2) is 62.3 Å². The summed E-state index contributed by atoms with van der Waals surface area (Å²) in [7, 11) is 0. The van der Waals surface area contributed by atoms with Crippen LogP contribution in [-0.2, 0) is 0 Å². The highest BCUT2D eigenvalue weighted by Crippen LogP contribution is 2.32. The maximum Gasteiger partial charge on any atom is 0.272 e. The predicted molar refractivity (Wildman–Crippen MR) is 101 cm³/mol. The molecule has 2 fully saturated rings. The minimum Gasteiger partial charge on any atom is -0.336 e. The van der Waals surface area contributed by atoms with Crippen LogP contribution >= 0.6 is 0 Å². The summed E-state index contributed by atoms with van der Waals surface area (Å²) in [4.78, 5) is 26.8. The first kappa shape index (κ1) is 17.5. The molecule has 2 aliphatic rings. The number of hydrogen-bond acceptors (Lipinski definition) is 4. The molecular formula is C20H29N5O. The molecule has 0 aromatic carbocycles. The van der Waals surface area contributed by atoms with Gasteiger partial charge in [0.2, 0.25) is 5.78 Å². The van der Waals surface area contributed by atoms with Crippen LogP contribution in [0.4, 0.5) is 0 Å². The number of carbonyl (C=O) groups excluding carboxylic acids is 1. The van der Waals surface area contributed by atoms with Gasteiger partial charge >= 0.3 is 0 Å². The fraction of sp³-hybridized carbons (Fsp3) is 0.650. The molecule has 0 radical (unpaired) electrons. The number of hydrogen-bond donors (Lipinski definition) is 0. The molecule has 0 bridgehead atoms. The van der Waals surface area contributed by atoms with Crippen molar-refractivity contribution in [2.24, 2.45) is 11.8 Å². The highest BCUT2D eigenvalue weighted by atomic mass is 16.2. The number of imidazole rings is 1. The Morgan fingerprint density at radius 3 is 2.85 bits per heavy atom. The molecule has 140 valence electrons. The van der Waals surface area contributed by atoms with Gasteiger partial charge in [-0.05, 0) is 44.1 Å². The minimum atomic E-state index is 0.0851. The zero-order valence-electron chi connectivity index (χ0n) is 16.1. The lowest BCUT2D eigenvalue weighted by Crippen LogP contribution is -2.46. The largest absolute Gasteiger partial charge is 0.336 e. The van der Waals surface area contributed by atoms with Gasteiger partial charge in [-0.25, -0.2) is 9.97 Å². The quantitative estimate of drug-likeness (QED) is 0.846. The van der Waals surface area contributed by atoms with Crippen LogP contribution in [0.25, 0.3) is 5.78 Å². The second kappa shape index (κ2) is 6.99. The summed E-state index contributed by atoms with van der Waals surface area (Å²) in [6.45, 7) is 10.4. The second-order valence-corrected chi connectivity index (χ2v) is 8.19. The van der Waals surface area contributed by atoms with Gasteiger partial charge in [-0.15, -0.1) is 0 Å². The van der Waals surface area contributed by atoms with E-state index in [1.165, 1.54) is 19.4 Å². The molecule has 2 aromatic heterocycles. The molecule has 0 unspecified atom stereocenters. The Kier molecular flexibility index (Phi) is 4.69. The Bertz CT molecular complexity index is 795. The number of aromatic nitrogens is 3. The van der Waals surface area contributed by atoms with Crippen molar-refractivity contribution in [1.82, 2.24) is 24.2 Å². The van der Waals surface area contributed by atoms with Crippen LogP contribution in [0.15, 0.2) is 18.5 Å². The average Bonchev–Trinajstić information content (AvgIpc) is 3.39. The molecule has 1 aliphatic carbocycles. The van der Waals surface area contributed by atoms with E-state index in [0.29, 0.717) is 23.4 Å². The lowest BCUT2D eigenvalue weighted by atomic mass is 10.0.